The van der Waals surface area contributed by atoms with Crippen LogP contribution in [0.4, 0.5) is 0 Å². The summed E-state index contributed by atoms with van der Waals surface area (Å²) in [6, 6.07) is 23.3. The first-order chi connectivity index (χ1) is 22.9. The molecule has 0 aliphatic rings. The zero-order valence-corrected chi connectivity index (χ0v) is 27.4. The number of amides is 1. The van der Waals surface area contributed by atoms with Gasteiger partial charge < -0.3 is 23.9 Å². The van der Waals surface area contributed by atoms with Crippen molar-refractivity contribution in [3.63, 3.8) is 0 Å². The van der Waals surface area contributed by atoms with Gasteiger partial charge in [0.1, 0.15) is 5.69 Å². The molecular weight excluding hydrogens is 618 g/mol. The number of hydrazone groups is 1. The second-order valence-corrected chi connectivity index (χ2v) is 10.7. The van der Waals surface area contributed by atoms with Gasteiger partial charge >= 0.3 is 5.97 Å². The van der Waals surface area contributed by atoms with Crippen LogP contribution in [0.25, 0.3) is 22.0 Å². The molecule has 0 aliphatic carbocycles. The van der Waals surface area contributed by atoms with Crippen LogP contribution in [0.1, 0.15) is 59.7 Å². The second-order valence-electron chi connectivity index (χ2n) is 10.3. The average molecular weight is 654 g/mol. The smallest absolute Gasteiger partial charge is 0.343 e. The standard InChI is InChI=1S/C37H36ClN3O6/c1-5-24-12-11-14-27-33(26-13-9-10-15-28(26)38)35(40-34(24)27)36(42)41-39-22-23-16-18-30(31(20-23)45-7-3)47-37(43)25-17-19-29(44-6-2)32(21-25)46-8-4/h9-22,40H,5-8H2,1-4H3,(H,41,42). The minimum atomic E-state index is -0.581. The number of esters is 1. The molecule has 0 radical (unpaired) electrons. The molecule has 5 rings (SSSR count). The van der Waals surface area contributed by atoms with Gasteiger partial charge in [0, 0.05) is 27.1 Å². The highest BCUT2D eigenvalue weighted by Gasteiger charge is 2.22. The summed E-state index contributed by atoms with van der Waals surface area (Å²) in [5, 5.41) is 5.65. The largest absolute Gasteiger partial charge is 0.490 e. The van der Waals surface area contributed by atoms with Crippen LogP contribution in [-0.2, 0) is 6.42 Å². The number of carbonyl (C=O) groups excluding carboxylic acids is 2. The number of hydrogen-bond donors (Lipinski definition) is 2. The highest BCUT2D eigenvalue weighted by atomic mass is 35.5. The molecule has 0 aliphatic heterocycles. The summed E-state index contributed by atoms with van der Waals surface area (Å²) in [7, 11) is 0. The molecule has 0 fully saturated rings. The molecule has 10 heteroatoms. The minimum Gasteiger partial charge on any atom is -0.490 e. The summed E-state index contributed by atoms with van der Waals surface area (Å²) < 4.78 is 22.7. The van der Waals surface area contributed by atoms with E-state index >= 15 is 0 Å². The number of rotatable bonds is 13. The number of H-pyrrole nitrogens is 1. The van der Waals surface area contributed by atoms with E-state index in [2.05, 4.69) is 22.4 Å². The Bertz CT molecular complexity index is 1930. The molecule has 47 heavy (non-hydrogen) atoms. The molecule has 1 aromatic heterocycles. The number of hydrogen-bond acceptors (Lipinski definition) is 7. The molecule has 0 saturated carbocycles. The van der Waals surface area contributed by atoms with Gasteiger partial charge in [-0.3, -0.25) is 4.79 Å². The summed E-state index contributed by atoms with van der Waals surface area (Å²) in [4.78, 5) is 29.9. The number of para-hydroxylation sites is 1. The van der Waals surface area contributed by atoms with E-state index in [0.29, 0.717) is 64.5 Å². The Kier molecular flexibility index (Phi) is 10.8. The van der Waals surface area contributed by atoms with E-state index in [-0.39, 0.29) is 5.75 Å². The van der Waals surface area contributed by atoms with Crippen LogP contribution in [0.3, 0.4) is 0 Å². The molecule has 1 amide bonds. The van der Waals surface area contributed by atoms with Crippen LogP contribution in [0.5, 0.6) is 23.0 Å². The van der Waals surface area contributed by atoms with Crippen molar-refractivity contribution in [3.8, 4) is 34.1 Å². The maximum Gasteiger partial charge on any atom is 0.343 e. The van der Waals surface area contributed by atoms with Crippen LogP contribution in [0.15, 0.2) is 84.0 Å². The molecule has 5 aromatic rings. The molecule has 2 N–H and O–H groups in total. The van der Waals surface area contributed by atoms with Crippen molar-refractivity contribution in [2.75, 3.05) is 19.8 Å². The van der Waals surface area contributed by atoms with Crippen molar-refractivity contribution < 1.29 is 28.5 Å². The number of nitrogens with zero attached hydrogens (tertiary/aromatic N) is 1. The van der Waals surface area contributed by atoms with E-state index in [0.717, 1.165) is 28.5 Å². The Balaban J connectivity index is 1.36. The van der Waals surface area contributed by atoms with Gasteiger partial charge in [0.2, 0.25) is 0 Å². The summed E-state index contributed by atoms with van der Waals surface area (Å²) in [5.74, 6) is 0.579. The predicted molar refractivity (Wildman–Crippen MR) is 185 cm³/mol. The quantitative estimate of drug-likeness (QED) is 0.0573. The fourth-order valence-corrected chi connectivity index (χ4v) is 5.43. The normalized spacial score (nSPS) is 11.1. The van der Waals surface area contributed by atoms with Crippen LogP contribution >= 0.6 is 11.6 Å². The van der Waals surface area contributed by atoms with Crippen molar-refractivity contribution in [1.82, 2.24) is 10.4 Å². The summed E-state index contributed by atoms with van der Waals surface area (Å²) in [6.45, 7) is 8.84. The number of nitrogens with one attached hydrogen (secondary N) is 2. The molecule has 242 valence electrons. The van der Waals surface area contributed by atoms with Gasteiger partial charge in [-0.25, -0.2) is 10.2 Å². The van der Waals surface area contributed by atoms with Gasteiger partial charge in [-0.2, -0.15) is 5.10 Å². The number of aromatic nitrogens is 1. The Morgan fingerprint density at radius 1 is 0.809 bits per heavy atom. The predicted octanol–water partition coefficient (Wildman–Crippen LogP) is 8.23. The lowest BCUT2D eigenvalue weighted by Gasteiger charge is -2.13. The highest BCUT2D eigenvalue weighted by Crippen LogP contribution is 2.38. The summed E-state index contributed by atoms with van der Waals surface area (Å²) >= 11 is 6.58. The first-order valence-corrected chi connectivity index (χ1v) is 15.9. The van der Waals surface area contributed by atoms with Gasteiger partial charge in [-0.05, 0) is 80.8 Å². The number of aromatic amines is 1. The number of ether oxygens (including phenoxy) is 4. The molecule has 9 nitrogen and oxygen atoms in total. The minimum absolute atomic E-state index is 0.235. The lowest BCUT2D eigenvalue weighted by molar-refractivity contribution is 0.0727. The molecule has 0 spiro atoms. The van der Waals surface area contributed by atoms with E-state index in [1.165, 1.54) is 6.21 Å². The number of carbonyl (C=O) groups is 2. The molecule has 0 unspecified atom stereocenters. The number of fused-ring (bicyclic) bond motifs is 1. The van der Waals surface area contributed by atoms with Crippen LogP contribution in [0, 0.1) is 0 Å². The van der Waals surface area contributed by atoms with Crippen LogP contribution in [-0.4, -0.2) is 42.9 Å². The highest BCUT2D eigenvalue weighted by molar-refractivity contribution is 6.34. The molecular formula is C37H36ClN3O6. The molecule has 0 saturated heterocycles. The fourth-order valence-electron chi connectivity index (χ4n) is 5.20. The molecule has 4 aromatic carbocycles. The van der Waals surface area contributed by atoms with Crippen molar-refractivity contribution in [3.05, 3.63) is 106 Å². The number of aryl methyl sites for hydroxylation is 1. The number of benzene rings is 4. The third-order valence-electron chi connectivity index (χ3n) is 7.30. The molecule has 1 heterocycles. The van der Waals surface area contributed by atoms with E-state index in [1.807, 2.05) is 57.2 Å². The van der Waals surface area contributed by atoms with E-state index in [9.17, 15) is 9.59 Å². The lowest BCUT2D eigenvalue weighted by atomic mass is 9.99. The van der Waals surface area contributed by atoms with Crippen molar-refractivity contribution >= 4 is 40.6 Å². The zero-order chi connectivity index (χ0) is 33.3. The fraction of sp³-hybridized carbons (Fsp3) is 0.216. The Hall–Kier alpha value is -5.28. The maximum atomic E-state index is 13.5. The van der Waals surface area contributed by atoms with Gasteiger partial charge in [-0.1, -0.05) is 54.9 Å². The van der Waals surface area contributed by atoms with Crippen LogP contribution in [0.2, 0.25) is 5.02 Å². The van der Waals surface area contributed by atoms with Crippen molar-refractivity contribution in [1.29, 1.82) is 0 Å². The number of halogens is 1. The second kappa shape index (κ2) is 15.3. The SMILES string of the molecule is CCOc1ccc(C(=O)Oc2ccc(C=NNC(=O)c3[nH]c4c(CC)cccc4c3-c3ccccc3Cl)cc2OCC)cc1OCC. The van der Waals surface area contributed by atoms with E-state index < -0.39 is 11.9 Å². The average Bonchev–Trinajstić information content (AvgIpc) is 3.47. The van der Waals surface area contributed by atoms with Gasteiger partial charge in [0.15, 0.2) is 23.0 Å². The van der Waals surface area contributed by atoms with Crippen LogP contribution < -0.4 is 24.4 Å². The third kappa shape index (κ3) is 7.42. The Morgan fingerprint density at radius 2 is 1.51 bits per heavy atom. The van der Waals surface area contributed by atoms with Gasteiger partial charge in [0.25, 0.3) is 5.91 Å². The van der Waals surface area contributed by atoms with Gasteiger partial charge in [-0.15, -0.1) is 0 Å². The Morgan fingerprint density at radius 3 is 2.23 bits per heavy atom. The van der Waals surface area contributed by atoms with Gasteiger partial charge in [0.05, 0.1) is 31.6 Å². The first kappa shape index (κ1) is 33.1. The first-order valence-electron chi connectivity index (χ1n) is 15.5. The zero-order valence-electron chi connectivity index (χ0n) is 26.7. The summed E-state index contributed by atoms with van der Waals surface area (Å²) in [5.41, 5.74) is 7.31. The third-order valence-corrected chi connectivity index (χ3v) is 7.63. The van der Waals surface area contributed by atoms with E-state index in [4.69, 9.17) is 30.5 Å². The monoisotopic (exact) mass is 653 g/mol. The Labute approximate surface area is 278 Å². The van der Waals surface area contributed by atoms with E-state index in [1.54, 1.807) is 42.5 Å². The topological polar surface area (TPSA) is 111 Å². The van der Waals surface area contributed by atoms with Crippen molar-refractivity contribution in [2.45, 2.75) is 34.1 Å². The molecule has 0 bridgehead atoms. The summed E-state index contributed by atoms with van der Waals surface area (Å²) in [6.07, 6.45) is 2.28. The maximum absolute atomic E-state index is 13.5. The molecule has 0 atom stereocenters. The van der Waals surface area contributed by atoms with Crippen molar-refractivity contribution in [2.24, 2.45) is 5.10 Å². The lowest BCUT2D eigenvalue weighted by Crippen LogP contribution is -2.19.